The number of nitrogens with zero attached hydrogens (tertiary/aromatic N) is 2. The van der Waals surface area contributed by atoms with E-state index in [9.17, 15) is 9.59 Å². The number of rotatable bonds is 3. The van der Waals surface area contributed by atoms with Crippen LogP contribution >= 0.6 is 0 Å². The maximum Gasteiger partial charge on any atom is 0.320 e. The van der Waals surface area contributed by atoms with Gasteiger partial charge in [-0.25, -0.2) is 4.98 Å². The molecule has 2 atom stereocenters. The first kappa shape index (κ1) is 14.6. The second-order valence-corrected chi connectivity index (χ2v) is 5.75. The molecule has 0 unspecified atom stereocenters. The first-order chi connectivity index (χ1) is 10.5. The van der Waals surface area contributed by atoms with E-state index in [1.54, 1.807) is 6.92 Å². The molecule has 6 heteroatoms. The zero-order chi connectivity index (χ0) is 15.9. The lowest BCUT2D eigenvalue weighted by Gasteiger charge is -2.34. The molecule has 0 fully saturated rings. The lowest BCUT2D eigenvalue weighted by atomic mass is 9.88. The van der Waals surface area contributed by atoms with E-state index in [4.69, 9.17) is 4.74 Å². The molecule has 116 valence electrons. The third kappa shape index (κ3) is 2.15. The van der Waals surface area contributed by atoms with Gasteiger partial charge in [-0.05, 0) is 25.0 Å². The predicted molar refractivity (Wildman–Crippen MR) is 82.4 cm³/mol. The van der Waals surface area contributed by atoms with Gasteiger partial charge in [0, 0.05) is 0 Å². The summed E-state index contributed by atoms with van der Waals surface area (Å²) in [5, 5.41) is 2.74. The molecule has 1 aliphatic rings. The lowest BCUT2D eigenvalue weighted by Crippen LogP contribution is -2.44. The second-order valence-electron chi connectivity index (χ2n) is 5.75. The Morgan fingerprint density at radius 2 is 2.14 bits per heavy atom. The zero-order valence-electron chi connectivity index (χ0n) is 12.9. The van der Waals surface area contributed by atoms with E-state index in [1.807, 2.05) is 42.7 Å². The van der Waals surface area contributed by atoms with Crippen molar-refractivity contribution in [2.24, 2.45) is 11.8 Å². The summed E-state index contributed by atoms with van der Waals surface area (Å²) in [6, 6.07) is 7.35. The average Bonchev–Trinajstić information content (AvgIpc) is 2.83. The van der Waals surface area contributed by atoms with E-state index in [0.29, 0.717) is 5.95 Å². The van der Waals surface area contributed by atoms with Crippen molar-refractivity contribution in [3.05, 3.63) is 24.3 Å². The van der Waals surface area contributed by atoms with Crippen LogP contribution in [-0.4, -0.2) is 28.0 Å². The molecule has 22 heavy (non-hydrogen) atoms. The number of hydrogen-bond donors (Lipinski definition) is 1. The average molecular weight is 301 g/mol. The number of para-hydroxylation sites is 2. The first-order valence-corrected chi connectivity index (χ1v) is 7.49. The molecular formula is C16H19N3O3. The number of benzene rings is 1. The lowest BCUT2D eigenvalue weighted by molar-refractivity contribution is -0.154. The number of fused-ring (bicyclic) bond motifs is 3. The van der Waals surface area contributed by atoms with Crippen LogP contribution in [0.1, 0.15) is 26.8 Å². The van der Waals surface area contributed by atoms with E-state index < -0.39 is 11.9 Å². The third-order valence-corrected chi connectivity index (χ3v) is 3.98. The molecule has 0 radical (unpaired) electrons. The minimum Gasteiger partial charge on any atom is -0.465 e. The molecule has 0 saturated heterocycles. The Balaban J connectivity index is 2.17. The van der Waals surface area contributed by atoms with Gasteiger partial charge in [0.15, 0.2) is 5.92 Å². The Bertz CT molecular complexity index is 735. The molecule has 2 aromatic rings. The summed E-state index contributed by atoms with van der Waals surface area (Å²) in [6.45, 7) is 5.98. The van der Waals surface area contributed by atoms with Gasteiger partial charge in [0.25, 0.3) is 0 Å². The number of imidazole rings is 1. The second kappa shape index (κ2) is 5.44. The van der Waals surface area contributed by atoms with Crippen molar-refractivity contribution in [1.82, 2.24) is 9.55 Å². The van der Waals surface area contributed by atoms with Crippen molar-refractivity contribution in [2.75, 3.05) is 11.9 Å². The predicted octanol–water partition coefficient (Wildman–Crippen LogP) is 2.36. The maximum atomic E-state index is 12.4. The molecule has 0 saturated carbocycles. The monoisotopic (exact) mass is 301 g/mol. The van der Waals surface area contributed by atoms with Crippen LogP contribution in [0.25, 0.3) is 11.0 Å². The summed E-state index contributed by atoms with van der Waals surface area (Å²) in [6.07, 6.45) is 0. The van der Waals surface area contributed by atoms with Crippen molar-refractivity contribution < 1.29 is 14.3 Å². The van der Waals surface area contributed by atoms with Crippen LogP contribution in [0.15, 0.2) is 24.3 Å². The fourth-order valence-corrected chi connectivity index (χ4v) is 3.09. The number of aromatic nitrogens is 2. The number of nitrogens with one attached hydrogen (secondary N) is 1. The summed E-state index contributed by atoms with van der Waals surface area (Å²) in [5.41, 5.74) is 1.71. The van der Waals surface area contributed by atoms with Gasteiger partial charge in [-0.15, -0.1) is 0 Å². The van der Waals surface area contributed by atoms with Crippen LogP contribution in [0.3, 0.4) is 0 Å². The van der Waals surface area contributed by atoms with Crippen molar-refractivity contribution in [3.63, 3.8) is 0 Å². The fourth-order valence-electron chi connectivity index (χ4n) is 3.09. The smallest absolute Gasteiger partial charge is 0.320 e. The molecular weight excluding hydrogens is 282 g/mol. The Labute approximate surface area is 128 Å². The molecule has 3 rings (SSSR count). The van der Waals surface area contributed by atoms with Crippen LogP contribution in [0.4, 0.5) is 5.95 Å². The molecule has 6 nitrogen and oxygen atoms in total. The highest BCUT2D eigenvalue weighted by Crippen LogP contribution is 2.38. The molecule has 0 aliphatic carbocycles. The van der Waals surface area contributed by atoms with Crippen molar-refractivity contribution in [3.8, 4) is 0 Å². The topological polar surface area (TPSA) is 73.2 Å². The van der Waals surface area contributed by atoms with Gasteiger partial charge in [0.05, 0.1) is 23.7 Å². The van der Waals surface area contributed by atoms with Gasteiger partial charge in [-0.3, -0.25) is 14.9 Å². The summed E-state index contributed by atoms with van der Waals surface area (Å²) in [5.74, 6) is -1.12. The van der Waals surface area contributed by atoms with Gasteiger partial charge in [0.2, 0.25) is 11.9 Å². The summed E-state index contributed by atoms with van der Waals surface area (Å²) in [7, 11) is 0. The molecule has 1 amide bonds. The van der Waals surface area contributed by atoms with Crippen LogP contribution in [0.2, 0.25) is 0 Å². The highest BCUT2D eigenvalue weighted by molar-refractivity contribution is 6.06. The van der Waals surface area contributed by atoms with Gasteiger partial charge in [-0.1, -0.05) is 26.0 Å². The van der Waals surface area contributed by atoms with Gasteiger partial charge in [0.1, 0.15) is 0 Å². The zero-order valence-corrected chi connectivity index (χ0v) is 12.9. The van der Waals surface area contributed by atoms with Crippen LogP contribution < -0.4 is 5.32 Å². The summed E-state index contributed by atoms with van der Waals surface area (Å²) < 4.78 is 7.05. The largest absolute Gasteiger partial charge is 0.465 e. The number of carbonyl (C=O) groups excluding carboxylic acids is 2. The van der Waals surface area contributed by atoms with E-state index in [2.05, 4.69) is 10.3 Å². The Morgan fingerprint density at radius 3 is 2.82 bits per heavy atom. The molecule has 1 N–H and O–H groups in total. The standard InChI is InChI=1S/C16H19N3O3/c1-4-22-15(21)12-13(9(2)3)19-11-8-6-5-7-10(11)17-16(19)18-14(12)20/h5-9,12-13H,4H2,1-3H3,(H,17,18,20)/t12-,13+/m0/s1. The minimum atomic E-state index is -0.856. The molecule has 1 aromatic heterocycles. The molecule has 1 aromatic carbocycles. The quantitative estimate of drug-likeness (QED) is 0.697. The Hall–Kier alpha value is -2.37. The highest BCUT2D eigenvalue weighted by Gasteiger charge is 2.44. The van der Waals surface area contributed by atoms with E-state index >= 15 is 0 Å². The van der Waals surface area contributed by atoms with Gasteiger partial charge in [-0.2, -0.15) is 0 Å². The minimum absolute atomic E-state index is 0.0804. The number of anilines is 1. The van der Waals surface area contributed by atoms with Gasteiger partial charge >= 0.3 is 5.97 Å². The normalized spacial score (nSPS) is 20.8. The highest BCUT2D eigenvalue weighted by atomic mass is 16.5. The van der Waals surface area contributed by atoms with E-state index in [0.717, 1.165) is 11.0 Å². The fraction of sp³-hybridized carbons (Fsp3) is 0.438. The number of esters is 1. The van der Waals surface area contributed by atoms with Crippen molar-refractivity contribution >= 4 is 28.9 Å². The SMILES string of the molecule is CCOC(=O)[C@@H]1C(=O)Nc2nc3ccccc3n2[C@@H]1C(C)C. The Kier molecular flexibility index (Phi) is 3.60. The van der Waals surface area contributed by atoms with Crippen LogP contribution in [0.5, 0.6) is 0 Å². The van der Waals surface area contributed by atoms with Gasteiger partial charge < -0.3 is 9.30 Å². The number of amides is 1. The van der Waals surface area contributed by atoms with Crippen LogP contribution in [0, 0.1) is 11.8 Å². The molecule has 0 spiro atoms. The van der Waals surface area contributed by atoms with Crippen LogP contribution in [-0.2, 0) is 14.3 Å². The molecule has 1 aliphatic heterocycles. The number of carbonyl (C=O) groups is 2. The van der Waals surface area contributed by atoms with Crippen molar-refractivity contribution in [1.29, 1.82) is 0 Å². The van der Waals surface area contributed by atoms with Crippen molar-refractivity contribution in [2.45, 2.75) is 26.8 Å². The summed E-state index contributed by atoms with van der Waals surface area (Å²) >= 11 is 0. The third-order valence-electron chi connectivity index (χ3n) is 3.98. The van der Waals surface area contributed by atoms with E-state index in [-0.39, 0.29) is 24.5 Å². The first-order valence-electron chi connectivity index (χ1n) is 7.49. The molecule has 0 bridgehead atoms. The molecule has 2 heterocycles. The maximum absolute atomic E-state index is 12.4. The summed E-state index contributed by atoms with van der Waals surface area (Å²) in [4.78, 5) is 29.1. The number of hydrogen-bond acceptors (Lipinski definition) is 4. The van der Waals surface area contributed by atoms with E-state index in [1.165, 1.54) is 0 Å². The Morgan fingerprint density at radius 1 is 1.41 bits per heavy atom. The number of ether oxygens (including phenoxy) is 1.